The molecule has 7 heteroatoms. The summed E-state index contributed by atoms with van der Waals surface area (Å²) < 4.78 is 25.6. The van der Waals surface area contributed by atoms with Gasteiger partial charge in [-0.3, -0.25) is 0 Å². The number of hydrogen-bond donors (Lipinski definition) is 0. The first-order chi connectivity index (χ1) is 9.54. The first-order valence-corrected chi connectivity index (χ1v) is 8.81. The topological polar surface area (TPSA) is 77.7 Å². The third-order valence-corrected chi connectivity index (χ3v) is 5.74. The van der Waals surface area contributed by atoms with Gasteiger partial charge < -0.3 is 4.57 Å². The molecule has 0 spiro atoms. The average Bonchev–Trinajstić information content (AvgIpc) is 3.10. The molecule has 4 rings (SSSR count). The third kappa shape index (κ3) is 1.69. The van der Waals surface area contributed by atoms with Crippen molar-refractivity contribution >= 4 is 21.0 Å². The monoisotopic (exact) mass is 292 g/mol. The van der Waals surface area contributed by atoms with Gasteiger partial charge in [-0.05, 0) is 31.1 Å². The molecule has 2 aromatic heterocycles. The molecular weight excluding hydrogens is 276 g/mol. The van der Waals surface area contributed by atoms with E-state index in [1.54, 1.807) is 6.33 Å². The van der Waals surface area contributed by atoms with E-state index in [-0.39, 0.29) is 5.03 Å². The Morgan fingerprint density at radius 3 is 2.70 bits per heavy atom. The SMILES string of the molecule is CS(=O)(=O)c1ncnc2c1ncn2[C@@H]1C[C@H]2CC[C@@H]1C2. The lowest BCUT2D eigenvalue weighted by Crippen LogP contribution is -2.16. The van der Waals surface area contributed by atoms with Crippen LogP contribution >= 0.6 is 0 Å². The van der Waals surface area contributed by atoms with E-state index in [1.807, 2.05) is 0 Å². The highest BCUT2D eigenvalue weighted by Gasteiger charge is 2.41. The van der Waals surface area contributed by atoms with Crippen molar-refractivity contribution in [1.29, 1.82) is 0 Å². The molecule has 0 aliphatic heterocycles. The Hall–Kier alpha value is -1.50. The first-order valence-electron chi connectivity index (χ1n) is 6.91. The Labute approximate surface area is 117 Å². The van der Waals surface area contributed by atoms with Gasteiger partial charge in [-0.1, -0.05) is 6.42 Å². The molecule has 2 heterocycles. The smallest absolute Gasteiger partial charge is 0.195 e. The number of nitrogens with zero attached hydrogens (tertiary/aromatic N) is 4. The molecule has 0 amide bonds. The van der Waals surface area contributed by atoms with Crippen molar-refractivity contribution < 1.29 is 8.42 Å². The van der Waals surface area contributed by atoms with Crippen molar-refractivity contribution in [2.75, 3.05) is 6.26 Å². The van der Waals surface area contributed by atoms with Crippen molar-refractivity contribution in [2.24, 2.45) is 11.8 Å². The number of rotatable bonds is 2. The molecule has 2 bridgehead atoms. The molecule has 2 saturated carbocycles. The number of imidazole rings is 1. The summed E-state index contributed by atoms with van der Waals surface area (Å²) in [6, 6.07) is 0.418. The highest BCUT2D eigenvalue weighted by Crippen LogP contribution is 2.51. The fourth-order valence-corrected chi connectivity index (χ4v) is 4.63. The fourth-order valence-electron chi connectivity index (χ4n) is 3.90. The van der Waals surface area contributed by atoms with E-state index >= 15 is 0 Å². The summed E-state index contributed by atoms with van der Waals surface area (Å²) in [6.45, 7) is 0. The molecule has 6 nitrogen and oxygen atoms in total. The van der Waals surface area contributed by atoms with Crippen LogP contribution in [0.1, 0.15) is 31.7 Å². The highest BCUT2D eigenvalue weighted by molar-refractivity contribution is 7.90. The van der Waals surface area contributed by atoms with Gasteiger partial charge in [-0.25, -0.2) is 23.4 Å². The lowest BCUT2D eigenvalue weighted by molar-refractivity contribution is 0.334. The molecular formula is C13H16N4O2S. The van der Waals surface area contributed by atoms with E-state index < -0.39 is 9.84 Å². The second kappa shape index (κ2) is 4.00. The quantitative estimate of drug-likeness (QED) is 0.785. The molecule has 3 atom stereocenters. The second-order valence-corrected chi connectivity index (χ2v) is 7.95. The average molecular weight is 292 g/mol. The van der Waals surface area contributed by atoms with Gasteiger partial charge in [0.25, 0.3) is 0 Å². The van der Waals surface area contributed by atoms with Crippen LogP contribution in [0.25, 0.3) is 11.2 Å². The minimum atomic E-state index is -3.38. The zero-order chi connectivity index (χ0) is 13.9. The van der Waals surface area contributed by atoms with Crippen LogP contribution in [0.2, 0.25) is 0 Å². The van der Waals surface area contributed by atoms with Crippen LogP contribution in [0.5, 0.6) is 0 Å². The summed E-state index contributed by atoms with van der Waals surface area (Å²) in [6.07, 6.45) is 9.26. The van der Waals surface area contributed by atoms with Gasteiger partial charge in [-0.15, -0.1) is 0 Å². The highest BCUT2D eigenvalue weighted by atomic mass is 32.2. The van der Waals surface area contributed by atoms with Crippen molar-refractivity contribution in [3.05, 3.63) is 12.7 Å². The number of hydrogen-bond acceptors (Lipinski definition) is 5. The number of aromatic nitrogens is 4. The van der Waals surface area contributed by atoms with E-state index in [0.717, 1.165) is 18.6 Å². The zero-order valence-corrected chi connectivity index (χ0v) is 12.0. The normalized spacial score (nSPS) is 29.4. The Balaban J connectivity index is 1.87. The van der Waals surface area contributed by atoms with Crippen LogP contribution in [0.4, 0.5) is 0 Å². The summed E-state index contributed by atoms with van der Waals surface area (Å²) in [7, 11) is -3.38. The number of sulfone groups is 1. The van der Waals surface area contributed by atoms with Crippen LogP contribution in [0.3, 0.4) is 0 Å². The summed E-state index contributed by atoms with van der Waals surface area (Å²) in [5.74, 6) is 1.51. The molecule has 0 unspecified atom stereocenters. The summed E-state index contributed by atoms with van der Waals surface area (Å²) in [5, 5.41) is 0.0319. The molecule has 2 fully saturated rings. The van der Waals surface area contributed by atoms with Crippen LogP contribution in [-0.4, -0.2) is 34.2 Å². The molecule has 0 N–H and O–H groups in total. The van der Waals surface area contributed by atoms with Gasteiger partial charge in [0.1, 0.15) is 11.8 Å². The van der Waals surface area contributed by atoms with Crippen molar-refractivity contribution in [1.82, 2.24) is 19.5 Å². The van der Waals surface area contributed by atoms with Crippen molar-refractivity contribution in [3.63, 3.8) is 0 Å². The Bertz CT molecular complexity index is 783. The van der Waals surface area contributed by atoms with E-state index in [2.05, 4.69) is 19.5 Å². The molecule has 106 valence electrons. The van der Waals surface area contributed by atoms with Crippen molar-refractivity contribution in [2.45, 2.75) is 36.8 Å². The minimum Gasteiger partial charge on any atom is -0.312 e. The summed E-state index contributed by atoms with van der Waals surface area (Å²) >= 11 is 0. The van der Waals surface area contributed by atoms with Gasteiger partial charge in [0.15, 0.2) is 20.5 Å². The molecule has 0 aromatic carbocycles. The third-order valence-electron chi connectivity index (χ3n) is 4.73. The number of fused-ring (bicyclic) bond motifs is 3. The molecule has 0 radical (unpaired) electrons. The van der Waals surface area contributed by atoms with Crippen LogP contribution < -0.4 is 0 Å². The Kier molecular flexibility index (Phi) is 2.45. The van der Waals surface area contributed by atoms with Gasteiger partial charge in [0.05, 0.1) is 6.33 Å². The summed E-state index contributed by atoms with van der Waals surface area (Å²) in [5.41, 5.74) is 1.05. The van der Waals surface area contributed by atoms with E-state index in [1.165, 1.54) is 25.6 Å². The van der Waals surface area contributed by atoms with Crippen LogP contribution in [0, 0.1) is 11.8 Å². The predicted octanol–water partition coefficient (Wildman–Crippen LogP) is 1.59. The van der Waals surface area contributed by atoms with Crippen LogP contribution in [0.15, 0.2) is 17.7 Å². The van der Waals surface area contributed by atoms with Gasteiger partial charge in [-0.2, -0.15) is 0 Å². The molecule has 2 aromatic rings. The Morgan fingerprint density at radius 2 is 2.05 bits per heavy atom. The standard InChI is InChI=1S/C13H16N4O2S/c1-20(18,19)13-11-12(14-6-15-13)17(7-16-11)10-5-8-2-3-9(10)4-8/h6-10H,2-5H2,1H3/t8-,9+,10+/m0/s1. The lowest BCUT2D eigenvalue weighted by Gasteiger charge is -2.23. The van der Waals surface area contributed by atoms with Gasteiger partial charge in [0, 0.05) is 12.3 Å². The van der Waals surface area contributed by atoms with E-state index in [4.69, 9.17) is 0 Å². The van der Waals surface area contributed by atoms with E-state index in [0.29, 0.717) is 23.1 Å². The van der Waals surface area contributed by atoms with Gasteiger partial charge >= 0.3 is 0 Å². The minimum absolute atomic E-state index is 0.0319. The maximum atomic E-state index is 11.8. The zero-order valence-electron chi connectivity index (χ0n) is 11.2. The van der Waals surface area contributed by atoms with E-state index in [9.17, 15) is 8.42 Å². The molecule has 0 saturated heterocycles. The van der Waals surface area contributed by atoms with Crippen molar-refractivity contribution in [3.8, 4) is 0 Å². The van der Waals surface area contributed by atoms with Crippen LogP contribution in [-0.2, 0) is 9.84 Å². The largest absolute Gasteiger partial charge is 0.312 e. The molecule has 2 aliphatic rings. The van der Waals surface area contributed by atoms with Gasteiger partial charge in [0.2, 0.25) is 0 Å². The maximum Gasteiger partial charge on any atom is 0.195 e. The molecule has 2 aliphatic carbocycles. The second-order valence-electron chi connectivity index (χ2n) is 6.02. The fraction of sp³-hybridized carbons (Fsp3) is 0.615. The predicted molar refractivity (Wildman–Crippen MR) is 72.9 cm³/mol. The Morgan fingerprint density at radius 1 is 1.20 bits per heavy atom. The molecule has 20 heavy (non-hydrogen) atoms. The summed E-state index contributed by atoms with van der Waals surface area (Å²) in [4.78, 5) is 12.4. The lowest BCUT2D eigenvalue weighted by atomic mass is 9.95. The first kappa shape index (κ1) is 12.3. The maximum absolute atomic E-state index is 11.8.